The number of aliphatic hydroxyl groups is 1. The first kappa shape index (κ1) is 38.0. The molecule has 3 N–H and O–H groups in total. The van der Waals surface area contributed by atoms with Crippen molar-refractivity contribution in [2.45, 2.75) is 36.9 Å². The van der Waals surface area contributed by atoms with Crippen LogP contribution in [0.4, 0.5) is 0 Å². The van der Waals surface area contributed by atoms with Gasteiger partial charge in [-0.15, -0.1) is 0 Å². The van der Waals surface area contributed by atoms with E-state index >= 15 is 0 Å². The molecule has 1 aliphatic rings. The molecule has 0 saturated carbocycles. The summed E-state index contributed by atoms with van der Waals surface area (Å²) < 4.78 is 25.2. The fraction of sp³-hybridized carbons (Fsp3) is 0.222. The van der Waals surface area contributed by atoms with Crippen LogP contribution in [-0.4, -0.2) is 60.1 Å². The lowest BCUT2D eigenvalue weighted by Crippen LogP contribution is -2.39. The quantitative estimate of drug-likeness (QED) is 0.118. The normalized spacial score (nSPS) is 16.7. The molecule has 0 spiro atoms. The number of aromatic amines is 1. The van der Waals surface area contributed by atoms with Gasteiger partial charge >= 0.3 is 5.69 Å². The summed E-state index contributed by atoms with van der Waals surface area (Å²) in [6.07, 6.45) is -1.15. The highest BCUT2D eigenvalue weighted by molar-refractivity contribution is 5.93. The monoisotopic (exact) mass is 753 g/mol. The van der Waals surface area contributed by atoms with Crippen molar-refractivity contribution in [3.8, 4) is 22.6 Å². The molecule has 11 heteroatoms. The summed E-state index contributed by atoms with van der Waals surface area (Å²) in [6.45, 7) is 0.189. The number of hydrogen-bond acceptors (Lipinski definition) is 8. The number of aromatic nitrogens is 2. The maximum absolute atomic E-state index is 13.2. The Morgan fingerprint density at radius 1 is 0.786 bits per heavy atom. The first-order valence-electron chi connectivity index (χ1n) is 18.4. The zero-order chi connectivity index (χ0) is 39.1. The number of nitrogens with one attached hydrogen (secondary N) is 2. The average molecular weight is 754 g/mol. The van der Waals surface area contributed by atoms with Gasteiger partial charge < -0.3 is 29.4 Å². The van der Waals surface area contributed by atoms with Crippen LogP contribution in [-0.2, 0) is 21.5 Å². The van der Waals surface area contributed by atoms with Gasteiger partial charge in [-0.05, 0) is 64.1 Å². The third-order valence-electron chi connectivity index (χ3n) is 10.1. The lowest BCUT2D eigenvalue weighted by atomic mass is 9.80. The Hall–Kier alpha value is -6.27. The average Bonchev–Trinajstić information content (AvgIpc) is 3.61. The van der Waals surface area contributed by atoms with Gasteiger partial charge in [0.15, 0.2) is 0 Å². The third-order valence-corrected chi connectivity index (χ3v) is 10.1. The molecule has 1 amide bonds. The van der Waals surface area contributed by atoms with Crippen LogP contribution in [0.2, 0.25) is 0 Å². The number of methoxy groups -OCH3 is 2. The summed E-state index contributed by atoms with van der Waals surface area (Å²) in [5.74, 6) is 0.720. The highest BCUT2D eigenvalue weighted by atomic mass is 16.6. The lowest BCUT2D eigenvalue weighted by Gasteiger charge is -2.37. The van der Waals surface area contributed by atoms with E-state index in [0.717, 1.165) is 37.9 Å². The Morgan fingerprint density at radius 2 is 1.34 bits per heavy atom. The minimum absolute atomic E-state index is 0.0173. The molecule has 0 aliphatic carbocycles. The van der Waals surface area contributed by atoms with Crippen LogP contribution >= 0.6 is 0 Å². The molecular weight excluding hydrogens is 711 g/mol. The summed E-state index contributed by atoms with van der Waals surface area (Å²) in [5.41, 5.74) is 2.66. The van der Waals surface area contributed by atoms with Crippen LogP contribution < -0.4 is 26.0 Å². The molecule has 0 bridgehead atoms. The van der Waals surface area contributed by atoms with Crippen molar-refractivity contribution in [1.82, 2.24) is 14.9 Å². The molecule has 2 heterocycles. The van der Waals surface area contributed by atoms with Crippen molar-refractivity contribution < 1.29 is 28.8 Å². The van der Waals surface area contributed by atoms with E-state index in [1.807, 2.05) is 133 Å². The Morgan fingerprint density at radius 3 is 1.93 bits per heavy atom. The summed E-state index contributed by atoms with van der Waals surface area (Å²) in [4.78, 5) is 41.4. The van der Waals surface area contributed by atoms with Gasteiger partial charge in [-0.2, -0.15) is 0 Å². The Kier molecular flexibility index (Phi) is 11.6. The second-order valence-corrected chi connectivity index (χ2v) is 13.5. The number of amides is 1. The van der Waals surface area contributed by atoms with Crippen LogP contribution in [0.1, 0.15) is 45.3 Å². The van der Waals surface area contributed by atoms with Gasteiger partial charge in [0, 0.05) is 19.2 Å². The van der Waals surface area contributed by atoms with Gasteiger partial charge in [0.2, 0.25) is 0 Å². The Bertz CT molecular complexity index is 2300. The zero-order valence-corrected chi connectivity index (χ0v) is 31.1. The lowest BCUT2D eigenvalue weighted by molar-refractivity contribution is -0.0944. The summed E-state index contributed by atoms with van der Waals surface area (Å²) in [5, 5.41) is 14.1. The second kappa shape index (κ2) is 17.0. The fourth-order valence-electron chi connectivity index (χ4n) is 7.09. The first-order valence-corrected chi connectivity index (χ1v) is 18.4. The molecule has 5 aromatic carbocycles. The molecule has 0 radical (unpaired) electrons. The second-order valence-electron chi connectivity index (χ2n) is 13.5. The number of ether oxygens (including phenoxy) is 4. The number of carbonyl (C=O) groups is 1. The molecule has 6 aromatic rings. The molecule has 1 fully saturated rings. The van der Waals surface area contributed by atoms with E-state index in [4.69, 9.17) is 18.9 Å². The van der Waals surface area contributed by atoms with Crippen LogP contribution in [0, 0.1) is 0 Å². The summed E-state index contributed by atoms with van der Waals surface area (Å²) in [7, 11) is 3.20. The van der Waals surface area contributed by atoms with Crippen molar-refractivity contribution in [1.29, 1.82) is 0 Å². The smallest absolute Gasteiger partial charge is 0.330 e. The standard InChI is InChI=1S/C45H43N3O8/c1-53-36-21-17-34(18-22-36)45(33-11-7-4-8-12-33,35-19-23-37(54-2)24-20-35)55-29-40-39(49)27-41(56-40)48-28-38(43(51)47-44(48)52)42(50)46-26-25-30-13-15-32(16-14-30)31-9-5-3-6-10-31/h3-24,28,39-41,49H,25-27,29H2,1-2H3,(H,46,50)(H,47,51,52)/t39-,40+,41+/m0/s1. The molecule has 11 nitrogen and oxygen atoms in total. The van der Waals surface area contributed by atoms with Gasteiger partial charge in [0.25, 0.3) is 11.5 Å². The van der Waals surface area contributed by atoms with E-state index in [1.54, 1.807) is 14.2 Å². The molecule has 3 atom stereocenters. The molecular formula is C45H43N3O8. The zero-order valence-electron chi connectivity index (χ0n) is 31.1. The first-order chi connectivity index (χ1) is 27.3. The summed E-state index contributed by atoms with van der Waals surface area (Å²) in [6, 6.07) is 43.0. The number of H-pyrrole nitrogens is 1. The van der Waals surface area contributed by atoms with Crippen LogP contribution in [0.15, 0.2) is 149 Å². The van der Waals surface area contributed by atoms with E-state index in [-0.39, 0.29) is 25.1 Å². The summed E-state index contributed by atoms with van der Waals surface area (Å²) >= 11 is 0. The largest absolute Gasteiger partial charge is 0.497 e. The number of hydrogen-bond donors (Lipinski definition) is 3. The SMILES string of the molecule is COc1ccc(C(OC[C@H]2O[C@@H](n3cc(C(=O)NCCc4ccc(-c5ccccc5)cc4)c(=O)[nH]c3=O)C[C@@H]2O)(c2ccccc2)c2ccc(OC)cc2)cc1. The highest BCUT2D eigenvalue weighted by Crippen LogP contribution is 2.42. The van der Waals surface area contributed by atoms with Crippen molar-refractivity contribution in [3.05, 3.63) is 188 Å². The van der Waals surface area contributed by atoms with Gasteiger partial charge in [-0.25, -0.2) is 4.79 Å². The van der Waals surface area contributed by atoms with Gasteiger partial charge in [-0.3, -0.25) is 19.1 Å². The Labute approximate surface area is 324 Å². The Balaban J connectivity index is 1.08. The fourth-order valence-corrected chi connectivity index (χ4v) is 7.09. The number of carbonyl (C=O) groups excluding carboxylic acids is 1. The van der Waals surface area contributed by atoms with Gasteiger partial charge in [0.1, 0.15) is 35.0 Å². The van der Waals surface area contributed by atoms with Crippen LogP contribution in [0.25, 0.3) is 11.1 Å². The molecule has 1 aromatic heterocycles. The molecule has 1 saturated heterocycles. The number of rotatable bonds is 14. The van der Waals surface area contributed by atoms with Gasteiger partial charge in [0.05, 0.1) is 26.9 Å². The van der Waals surface area contributed by atoms with Gasteiger partial charge in [-0.1, -0.05) is 109 Å². The maximum atomic E-state index is 13.2. The maximum Gasteiger partial charge on any atom is 0.330 e. The molecule has 286 valence electrons. The van der Waals surface area contributed by atoms with Crippen molar-refractivity contribution in [2.75, 3.05) is 27.4 Å². The highest BCUT2D eigenvalue weighted by Gasteiger charge is 2.42. The predicted molar refractivity (Wildman–Crippen MR) is 212 cm³/mol. The van der Waals surface area contributed by atoms with E-state index in [9.17, 15) is 19.5 Å². The number of nitrogens with zero attached hydrogens (tertiary/aromatic N) is 1. The van der Waals surface area contributed by atoms with E-state index in [0.29, 0.717) is 17.9 Å². The van der Waals surface area contributed by atoms with Crippen molar-refractivity contribution in [3.63, 3.8) is 0 Å². The van der Waals surface area contributed by atoms with E-state index in [2.05, 4.69) is 10.3 Å². The van der Waals surface area contributed by atoms with E-state index in [1.165, 1.54) is 6.20 Å². The van der Waals surface area contributed by atoms with Crippen LogP contribution in [0.5, 0.6) is 11.5 Å². The van der Waals surface area contributed by atoms with Crippen molar-refractivity contribution >= 4 is 5.91 Å². The topological polar surface area (TPSA) is 141 Å². The predicted octanol–water partition coefficient (Wildman–Crippen LogP) is 5.85. The number of benzene rings is 5. The molecule has 56 heavy (non-hydrogen) atoms. The molecule has 1 aliphatic heterocycles. The van der Waals surface area contributed by atoms with Crippen LogP contribution in [0.3, 0.4) is 0 Å². The molecule has 0 unspecified atom stereocenters. The minimum atomic E-state index is -1.16. The minimum Gasteiger partial charge on any atom is -0.497 e. The third kappa shape index (κ3) is 8.06. The molecule has 7 rings (SSSR count). The van der Waals surface area contributed by atoms with Crippen molar-refractivity contribution in [2.24, 2.45) is 0 Å². The number of aliphatic hydroxyl groups excluding tert-OH is 1. The van der Waals surface area contributed by atoms with E-state index < -0.39 is 41.2 Å².